The predicted octanol–water partition coefficient (Wildman–Crippen LogP) is 3.71. The maximum absolute atomic E-state index is 13.8. The number of hydrogen-bond donors (Lipinski definition) is 2. The molecule has 0 radical (unpaired) electrons. The lowest BCUT2D eigenvalue weighted by Gasteiger charge is -2.25. The molecule has 2 N–H and O–H groups in total. The molecule has 1 aromatic carbocycles. The number of alkyl halides is 1. The molecule has 2 nitrogen and oxygen atoms in total. The number of rotatable bonds is 3. The fourth-order valence-electron chi connectivity index (χ4n) is 2.20. The Morgan fingerprint density at radius 3 is 2.78 bits per heavy atom. The Balaban J connectivity index is 2.09. The third-order valence-corrected chi connectivity index (χ3v) is 3.62. The van der Waals surface area contributed by atoms with E-state index >= 15 is 0 Å². The van der Waals surface area contributed by atoms with Crippen molar-refractivity contribution in [3.63, 3.8) is 0 Å². The summed E-state index contributed by atoms with van der Waals surface area (Å²) in [6.07, 6.45) is 2.31. The highest BCUT2D eigenvalue weighted by atomic mass is 35.5. The summed E-state index contributed by atoms with van der Waals surface area (Å²) in [6.45, 7) is 5.11. The third-order valence-electron chi connectivity index (χ3n) is 3.31. The molecule has 1 aromatic rings. The Hall–Kier alpha value is -0.800. The average Bonchev–Trinajstić information content (AvgIpc) is 2.32. The molecule has 1 aliphatic heterocycles. The van der Waals surface area contributed by atoms with E-state index in [1.807, 2.05) is 6.07 Å². The van der Waals surface area contributed by atoms with Gasteiger partial charge in [0, 0.05) is 12.6 Å². The highest BCUT2D eigenvalue weighted by molar-refractivity contribution is 6.33. The van der Waals surface area contributed by atoms with Crippen LogP contribution in [0.25, 0.3) is 0 Å². The number of piperidine rings is 1. The van der Waals surface area contributed by atoms with Crippen LogP contribution in [0.5, 0.6) is 0 Å². The standard InChI is InChI=1S/C14H20ClFN2/c1-14(2,16)10-5-6-13(12(15)8-10)18-11-4-3-7-17-9-11/h5-6,8,11,17-18H,3-4,7,9H2,1-2H3. The van der Waals surface area contributed by atoms with E-state index in [1.165, 1.54) is 20.3 Å². The normalized spacial score (nSPS) is 20.8. The summed E-state index contributed by atoms with van der Waals surface area (Å²) in [5.74, 6) is 0. The first kappa shape index (κ1) is 13.6. The lowest BCUT2D eigenvalue weighted by Crippen LogP contribution is -2.38. The molecule has 1 saturated heterocycles. The maximum Gasteiger partial charge on any atom is 0.130 e. The van der Waals surface area contributed by atoms with Gasteiger partial charge in [0.2, 0.25) is 0 Å². The smallest absolute Gasteiger partial charge is 0.130 e. The van der Waals surface area contributed by atoms with Crippen LogP contribution in [0.3, 0.4) is 0 Å². The van der Waals surface area contributed by atoms with Gasteiger partial charge in [-0.3, -0.25) is 0 Å². The van der Waals surface area contributed by atoms with Gasteiger partial charge in [0.05, 0.1) is 10.7 Å². The molecular weight excluding hydrogens is 251 g/mol. The monoisotopic (exact) mass is 270 g/mol. The summed E-state index contributed by atoms with van der Waals surface area (Å²) in [6, 6.07) is 5.78. The van der Waals surface area contributed by atoms with Gasteiger partial charge in [0.25, 0.3) is 0 Å². The maximum atomic E-state index is 13.8. The first-order valence-electron chi connectivity index (χ1n) is 6.43. The Morgan fingerprint density at radius 2 is 2.22 bits per heavy atom. The zero-order valence-corrected chi connectivity index (χ0v) is 11.6. The minimum absolute atomic E-state index is 0.403. The van der Waals surface area contributed by atoms with Crippen molar-refractivity contribution in [2.24, 2.45) is 0 Å². The van der Waals surface area contributed by atoms with Gasteiger partial charge in [-0.25, -0.2) is 4.39 Å². The molecule has 0 aliphatic carbocycles. The van der Waals surface area contributed by atoms with Crippen LogP contribution in [-0.4, -0.2) is 19.1 Å². The van der Waals surface area contributed by atoms with E-state index in [4.69, 9.17) is 11.6 Å². The minimum Gasteiger partial charge on any atom is -0.380 e. The molecule has 0 bridgehead atoms. The van der Waals surface area contributed by atoms with E-state index in [1.54, 1.807) is 12.1 Å². The highest BCUT2D eigenvalue weighted by Gasteiger charge is 2.20. The van der Waals surface area contributed by atoms with Crippen LogP contribution < -0.4 is 10.6 Å². The largest absolute Gasteiger partial charge is 0.380 e. The van der Waals surface area contributed by atoms with E-state index in [-0.39, 0.29) is 0 Å². The van der Waals surface area contributed by atoms with E-state index in [0.29, 0.717) is 16.6 Å². The van der Waals surface area contributed by atoms with Crippen molar-refractivity contribution in [3.05, 3.63) is 28.8 Å². The number of anilines is 1. The van der Waals surface area contributed by atoms with Crippen molar-refractivity contribution in [1.29, 1.82) is 0 Å². The summed E-state index contributed by atoms with van der Waals surface area (Å²) < 4.78 is 13.8. The number of benzene rings is 1. The average molecular weight is 271 g/mol. The second-order valence-corrected chi connectivity index (χ2v) is 5.76. The first-order chi connectivity index (χ1) is 8.47. The van der Waals surface area contributed by atoms with Crippen molar-refractivity contribution in [3.8, 4) is 0 Å². The number of hydrogen-bond acceptors (Lipinski definition) is 2. The Labute approximate surface area is 113 Å². The van der Waals surface area contributed by atoms with Gasteiger partial charge >= 0.3 is 0 Å². The van der Waals surface area contributed by atoms with E-state index in [0.717, 1.165) is 25.2 Å². The first-order valence-corrected chi connectivity index (χ1v) is 6.81. The van der Waals surface area contributed by atoms with E-state index in [9.17, 15) is 4.39 Å². The van der Waals surface area contributed by atoms with Crippen LogP contribution in [0.15, 0.2) is 18.2 Å². The molecule has 1 fully saturated rings. The SMILES string of the molecule is CC(C)(F)c1ccc(NC2CCCNC2)c(Cl)c1. The molecule has 1 atom stereocenters. The lowest BCUT2D eigenvalue weighted by atomic mass is 9.99. The molecule has 4 heteroatoms. The second-order valence-electron chi connectivity index (χ2n) is 5.35. The van der Waals surface area contributed by atoms with E-state index < -0.39 is 5.67 Å². The van der Waals surface area contributed by atoms with Gasteiger partial charge in [-0.2, -0.15) is 0 Å². The minimum atomic E-state index is -1.35. The third kappa shape index (κ3) is 3.36. The summed E-state index contributed by atoms with van der Waals surface area (Å²) in [5.41, 5.74) is 0.146. The van der Waals surface area contributed by atoms with Crippen LogP contribution in [0.2, 0.25) is 5.02 Å². The molecule has 1 aliphatic rings. The Kier molecular flexibility index (Phi) is 4.13. The fourth-order valence-corrected chi connectivity index (χ4v) is 2.43. The van der Waals surface area contributed by atoms with Crippen LogP contribution in [0.4, 0.5) is 10.1 Å². The van der Waals surface area contributed by atoms with Gasteiger partial charge in [0.15, 0.2) is 0 Å². The van der Waals surface area contributed by atoms with Crippen molar-refractivity contribution in [2.75, 3.05) is 18.4 Å². The van der Waals surface area contributed by atoms with Crippen LogP contribution in [0, 0.1) is 0 Å². The van der Waals surface area contributed by atoms with E-state index in [2.05, 4.69) is 10.6 Å². The van der Waals surface area contributed by atoms with Gasteiger partial charge < -0.3 is 10.6 Å². The Morgan fingerprint density at radius 1 is 1.44 bits per heavy atom. The fraction of sp³-hybridized carbons (Fsp3) is 0.571. The van der Waals surface area contributed by atoms with Crippen molar-refractivity contribution < 1.29 is 4.39 Å². The zero-order chi connectivity index (χ0) is 13.2. The lowest BCUT2D eigenvalue weighted by molar-refractivity contribution is 0.221. The molecule has 1 heterocycles. The predicted molar refractivity (Wildman–Crippen MR) is 75.1 cm³/mol. The second kappa shape index (κ2) is 5.45. The van der Waals surface area contributed by atoms with Gasteiger partial charge in [0.1, 0.15) is 5.67 Å². The summed E-state index contributed by atoms with van der Waals surface area (Å²) in [7, 11) is 0. The molecule has 100 valence electrons. The summed E-state index contributed by atoms with van der Waals surface area (Å²) in [5, 5.41) is 7.34. The molecule has 2 rings (SSSR count). The highest BCUT2D eigenvalue weighted by Crippen LogP contribution is 2.31. The van der Waals surface area contributed by atoms with Gasteiger partial charge in [-0.15, -0.1) is 0 Å². The van der Waals surface area contributed by atoms with Gasteiger partial charge in [-0.05, 0) is 50.9 Å². The molecule has 0 spiro atoms. The van der Waals surface area contributed by atoms with Crippen LogP contribution >= 0.6 is 11.6 Å². The molecule has 1 unspecified atom stereocenters. The Bertz CT molecular complexity index is 409. The van der Waals surface area contributed by atoms with Crippen LogP contribution in [0.1, 0.15) is 32.3 Å². The number of halogens is 2. The molecular formula is C14H20ClFN2. The molecule has 18 heavy (non-hydrogen) atoms. The summed E-state index contributed by atoms with van der Waals surface area (Å²) in [4.78, 5) is 0. The van der Waals surface area contributed by atoms with Crippen molar-refractivity contribution in [1.82, 2.24) is 5.32 Å². The zero-order valence-electron chi connectivity index (χ0n) is 10.9. The molecule has 0 amide bonds. The van der Waals surface area contributed by atoms with Gasteiger partial charge in [-0.1, -0.05) is 17.7 Å². The topological polar surface area (TPSA) is 24.1 Å². The van der Waals surface area contributed by atoms with Crippen molar-refractivity contribution >= 4 is 17.3 Å². The molecule has 0 saturated carbocycles. The summed E-state index contributed by atoms with van der Waals surface area (Å²) >= 11 is 6.21. The number of nitrogens with one attached hydrogen (secondary N) is 2. The van der Waals surface area contributed by atoms with Crippen LogP contribution in [-0.2, 0) is 5.67 Å². The quantitative estimate of drug-likeness (QED) is 0.875. The van der Waals surface area contributed by atoms with Crippen molar-refractivity contribution in [2.45, 2.75) is 38.4 Å². The molecule has 0 aromatic heterocycles.